The number of fused-ring (bicyclic) bond motifs is 3. The number of alkyl carbamates (subject to hydrolysis) is 1. The molecular weight excluding hydrogens is 450 g/mol. The van der Waals surface area contributed by atoms with Crippen molar-refractivity contribution in [1.82, 2.24) is 5.32 Å². The maximum atomic E-state index is 12.2. The fraction of sp³-hybridized carbons (Fsp3) is 0.423. The number of ether oxygens (including phenoxy) is 3. The van der Waals surface area contributed by atoms with Crippen LogP contribution in [0.25, 0.3) is 11.1 Å². The van der Waals surface area contributed by atoms with Crippen LogP contribution >= 0.6 is 0 Å². The number of amides is 3. The maximum absolute atomic E-state index is 12.2. The van der Waals surface area contributed by atoms with Crippen molar-refractivity contribution < 1.29 is 28.6 Å². The van der Waals surface area contributed by atoms with Gasteiger partial charge in [-0.05, 0) is 59.4 Å². The topological polar surface area (TPSA) is 115 Å². The molecule has 188 valence electrons. The van der Waals surface area contributed by atoms with Crippen LogP contribution in [0.4, 0.5) is 16.2 Å². The summed E-state index contributed by atoms with van der Waals surface area (Å²) in [5, 5.41) is 8.18. The molecule has 0 saturated heterocycles. The van der Waals surface area contributed by atoms with Crippen molar-refractivity contribution in [2.75, 3.05) is 50.7 Å². The number of rotatable bonds is 12. The van der Waals surface area contributed by atoms with Gasteiger partial charge in [-0.1, -0.05) is 26.0 Å². The highest BCUT2D eigenvalue weighted by atomic mass is 16.5. The summed E-state index contributed by atoms with van der Waals surface area (Å²) < 4.78 is 16.0. The molecule has 0 aromatic heterocycles. The first-order valence-electron chi connectivity index (χ1n) is 11.8. The molecule has 9 heteroatoms. The molecule has 0 bridgehead atoms. The van der Waals surface area contributed by atoms with Crippen LogP contribution in [0, 0.1) is 0 Å². The summed E-state index contributed by atoms with van der Waals surface area (Å²) in [6.45, 7) is 5.08. The van der Waals surface area contributed by atoms with Crippen molar-refractivity contribution in [3.63, 3.8) is 0 Å². The lowest BCUT2D eigenvalue weighted by Gasteiger charge is -2.16. The summed E-state index contributed by atoms with van der Waals surface area (Å²) >= 11 is 0. The lowest BCUT2D eigenvalue weighted by molar-refractivity contribution is -0.121. The van der Waals surface area contributed by atoms with Gasteiger partial charge in [0.25, 0.3) is 0 Å². The molecule has 0 unspecified atom stereocenters. The van der Waals surface area contributed by atoms with Crippen molar-refractivity contribution in [1.29, 1.82) is 0 Å². The van der Waals surface area contributed by atoms with Crippen LogP contribution in [0.1, 0.15) is 43.7 Å². The monoisotopic (exact) mass is 483 g/mol. The zero-order chi connectivity index (χ0) is 25.2. The Bertz CT molecular complexity index is 982. The molecule has 0 heterocycles. The Morgan fingerprint density at radius 3 is 1.71 bits per heavy atom. The van der Waals surface area contributed by atoms with Gasteiger partial charge in [-0.3, -0.25) is 9.59 Å². The van der Waals surface area contributed by atoms with E-state index in [2.05, 4.69) is 16.0 Å². The minimum Gasteiger partial charge on any atom is -0.449 e. The molecule has 3 amide bonds. The normalized spacial score (nSPS) is 12.0. The highest BCUT2D eigenvalue weighted by Gasteiger charge is 2.30. The van der Waals surface area contributed by atoms with E-state index in [-0.39, 0.29) is 37.6 Å². The zero-order valence-electron chi connectivity index (χ0n) is 20.4. The quantitative estimate of drug-likeness (QED) is 0.395. The standard InChI is InChI=1S/C26H33N3O6/c1-4-10-33-15-24(30)28-17-6-8-19-20-9-7-18(29-25(31)16-34-11-5-2)13-22(20)23(21(19)12-17)14-35-26(32)27-3/h6-9,12-13,23H,4-5,10-11,14-16H2,1-3H3,(H,27,32)(H,28,30)(H,29,31). The Labute approximate surface area is 205 Å². The number of nitrogens with one attached hydrogen (secondary N) is 3. The Kier molecular flexibility index (Phi) is 9.63. The van der Waals surface area contributed by atoms with Crippen molar-refractivity contribution in [3.8, 4) is 11.1 Å². The third kappa shape index (κ3) is 7.03. The SMILES string of the molecule is CCCOCC(=O)Nc1ccc2c(c1)C(COC(=O)NC)c1cc(NC(=O)COCCC)ccc1-2. The van der Waals surface area contributed by atoms with Gasteiger partial charge in [0.15, 0.2) is 0 Å². The lowest BCUT2D eigenvalue weighted by atomic mass is 9.97. The smallest absolute Gasteiger partial charge is 0.406 e. The maximum Gasteiger partial charge on any atom is 0.406 e. The van der Waals surface area contributed by atoms with E-state index in [1.807, 2.05) is 50.2 Å². The van der Waals surface area contributed by atoms with Crippen molar-refractivity contribution in [2.45, 2.75) is 32.6 Å². The summed E-state index contributed by atoms with van der Waals surface area (Å²) in [6, 6.07) is 11.3. The van der Waals surface area contributed by atoms with Crippen LogP contribution in [0.3, 0.4) is 0 Å². The average molecular weight is 484 g/mol. The molecule has 0 atom stereocenters. The van der Waals surface area contributed by atoms with E-state index in [0.29, 0.717) is 24.6 Å². The van der Waals surface area contributed by atoms with Crippen LogP contribution in [-0.4, -0.2) is 58.0 Å². The highest BCUT2D eigenvalue weighted by Crippen LogP contribution is 2.46. The number of carbonyl (C=O) groups is 3. The molecule has 0 saturated carbocycles. The predicted octanol–water partition coefficient (Wildman–Crippen LogP) is 3.89. The lowest BCUT2D eigenvalue weighted by Crippen LogP contribution is -2.22. The molecule has 3 N–H and O–H groups in total. The van der Waals surface area contributed by atoms with Crippen molar-refractivity contribution >= 4 is 29.3 Å². The number of anilines is 2. The van der Waals surface area contributed by atoms with Crippen LogP contribution in [0.15, 0.2) is 36.4 Å². The van der Waals surface area contributed by atoms with E-state index in [0.717, 1.165) is 35.1 Å². The first-order valence-corrected chi connectivity index (χ1v) is 11.8. The van der Waals surface area contributed by atoms with Crippen LogP contribution in [-0.2, 0) is 23.8 Å². The minimum atomic E-state index is -0.532. The second-order valence-corrected chi connectivity index (χ2v) is 8.21. The van der Waals surface area contributed by atoms with Gasteiger partial charge in [0.2, 0.25) is 11.8 Å². The molecule has 9 nitrogen and oxygen atoms in total. The molecule has 3 rings (SSSR count). The van der Waals surface area contributed by atoms with Crippen LogP contribution in [0.5, 0.6) is 0 Å². The zero-order valence-corrected chi connectivity index (χ0v) is 20.4. The van der Waals surface area contributed by atoms with Gasteiger partial charge in [0, 0.05) is 37.6 Å². The molecule has 0 spiro atoms. The van der Waals surface area contributed by atoms with E-state index in [1.54, 1.807) is 0 Å². The fourth-order valence-electron chi connectivity index (χ4n) is 3.94. The summed E-state index contributed by atoms with van der Waals surface area (Å²) in [5.74, 6) is -0.733. The average Bonchev–Trinajstić information content (AvgIpc) is 3.14. The summed E-state index contributed by atoms with van der Waals surface area (Å²) in [4.78, 5) is 36.2. The molecular formula is C26H33N3O6. The Hall–Kier alpha value is -3.43. The van der Waals surface area contributed by atoms with Gasteiger partial charge in [-0.15, -0.1) is 0 Å². The molecule has 0 aliphatic heterocycles. The van der Waals surface area contributed by atoms with Gasteiger partial charge >= 0.3 is 6.09 Å². The van der Waals surface area contributed by atoms with Crippen molar-refractivity contribution in [3.05, 3.63) is 47.5 Å². The molecule has 35 heavy (non-hydrogen) atoms. The Morgan fingerprint density at radius 1 is 0.800 bits per heavy atom. The molecule has 2 aromatic rings. The number of hydrogen-bond acceptors (Lipinski definition) is 6. The van der Waals surface area contributed by atoms with Gasteiger partial charge < -0.3 is 30.2 Å². The number of benzene rings is 2. The van der Waals surface area contributed by atoms with E-state index >= 15 is 0 Å². The highest BCUT2D eigenvalue weighted by molar-refractivity contribution is 5.94. The summed E-state index contributed by atoms with van der Waals surface area (Å²) in [7, 11) is 1.50. The third-order valence-corrected chi connectivity index (χ3v) is 5.46. The van der Waals surface area contributed by atoms with E-state index in [9.17, 15) is 14.4 Å². The molecule has 0 radical (unpaired) electrons. The predicted molar refractivity (Wildman–Crippen MR) is 134 cm³/mol. The van der Waals surface area contributed by atoms with E-state index in [4.69, 9.17) is 14.2 Å². The minimum absolute atomic E-state index is 0.0145. The van der Waals surface area contributed by atoms with Crippen molar-refractivity contribution in [2.24, 2.45) is 0 Å². The van der Waals surface area contributed by atoms with Gasteiger partial charge in [-0.25, -0.2) is 4.79 Å². The van der Waals surface area contributed by atoms with Gasteiger partial charge in [0.05, 0.1) is 0 Å². The molecule has 1 aliphatic carbocycles. The van der Waals surface area contributed by atoms with Gasteiger partial charge in [0.1, 0.15) is 19.8 Å². The Balaban J connectivity index is 1.82. The van der Waals surface area contributed by atoms with E-state index in [1.165, 1.54) is 7.05 Å². The molecule has 2 aromatic carbocycles. The second kappa shape index (κ2) is 12.9. The summed E-state index contributed by atoms with van der Waals surface area (Å²) in [6.07, 6.45) is 1.15. The molecule has 1 aliphatic rings. The molecule has 0 fully saturated rings. The third-order valence-electron chi connectivity index (χ3n) is 5.46. The number of carbonyl (C=O) groups excluding carboxylic acids is 3. The Morgan fingerprint density at radius 2 is 1.29 bits per heavy atom. The van der Waals surface area contributed by atoms with Crippen LogP contribution < -0.4 is 16.0 Å². The summed E-state index contributed by atoms with van der Waals surface area (Å²) in [5.41, 5.74) is 5.07. The van der Waals surface area contributed by atoms with E-state index < -0.39 is 6.09 Å². The second-order valence-electron chi connectivity index (χ2n) is 8.21. The largest absolute Gasteiger partial charge is 0.449 e. The first kappa shape index (κ1) is 26.2. The number of hydrogen-bond donors (Lipinski definition) is 3. The van der Waals surface area contributed by atoms with Gasteiger partial charge in [-0.2, -0.15) is 0 Å². The fourth-order valence-corrected chi connectivity index (χ4v) is 3.94. The van der Waals surface area contributed by atoms with Crippen LogP contribution in [0.2, 0.25) is 0 Å². The first-order chi connectivity index (χ1) is 17.0.